The Morgan fingerprint density at radius 3 is 2.27 bits per heavy atom. The molecule has 0 saturated carbocycles. The summed E-state index contributed by atoms with van der Waals surface area (Å²) in [6.45, 7) is 5.90. The molecule has 0 spiro atoms. The van der Waals surface area contributed by atoms with Gasteiger partial charge >= 0.3 is 0 Å². The predicted octanol–water partition coefficient (Wildman–Crippen LogP) is 6.80. The van der Waals surface area contributed by atoms with Crippen molar-refractivity contribution >= 4 is 22.9 Å². The molecule has 0 aliphatic carbocycles. The molecule has 1 fully saturated rings. The van der Waals surface area contributed by atoms with Crippen LogP contribution in [-0.2, 0) is 13.0 Å². The van der Waals surface area contributed by atoms with Gasteiger partial charge in [-0.3, -0.25) is 4.79 Å². The number of aromatic nitrogens is 2. The monoisotopic (exact) mass is 562 g/mol. The van der Waals surface area contributed by atoms with Crippen molar-refractivity contribution in [3.05, 3.63) is 113 Å². The van der Waals surface area contributed by atoms with Crippen molar-refractivity contribution in [3.8, 4) is 27.7 Å². The zero-order valence-electron chi connectivity index (χ0n) is 23.5. The van der Waals surface area contributed by atoms with Crippen LogP contribution in [0.15, 0.2) is 96.4 Å². The molecule has 5 aromatic rings. The van der Waals surface area contributed by atoms with Crippen molar-refractivity contribution in [3.63, 3.8) is 0 Å². The zero-order valence-corrected chi connectivity index (χ0v) is 24.3. The van der Waals surface area contributed by atoms with Crippen LogP contribution in [0.5, 0.6) is 5.75 Å². The molecule has 1 aliphatic rings. The Morgan fingerprint density at radius 1 is 0.902 bits per heavy atom. The van der Waals surface area contributed by atoms with Gasteiger partial charge in [-0.15, -0.1) is 11.3 Å². The minimum Gasteiger partial charge on any atom is -0.497 e. The molecule has 3 heterocycles. The first-order valence-corrected chi connectivity index (χ1v) is 14.9. The van der Waals surface area contributed by atoms with Gasteiger partial charge in [-0.05, 0) is 61.4 Å². The summed E-state index contributed by atoms with van der Waals surface area (Å²) >= 11 is 1.62. The lowest BCUT2D eigenvalue weighted by molar-refractivity contribution is 0.0746. The van der Waals surface area contributed by atoms with Crippen LogP contribution in [-0.4, -0.2) is 53.6 Å². The van der Waals surface area contributed by atoms with Gasteiger partial charge in [0.05, 0.1) is 24.1 Å². The number of nitrogens with zero attached hydrogens (tertiary/aromatic N) is 4. The molecule has 2 aromatic heterocycles. The third-order valence-electron chi connectivity index (χ3n) is 7.86. The fraction of sp³-hybridized carbons (Fsp3) is 0.235. The number of aryl methyl sites for hydroxylation is 1. The van der Waals surface area contributed by atoms with Crippen molar-refractivity contribution in [2.75, 3.05) is 38.2 Å². The summed E-state index contributed by atoms with van der Waals surface area (Å²) in [6.07, 6.45) is 0.877. The van der Waals surface area contributed by atoms with Crippen LogP contribution in [0.2, 0.25) is 0 Å². The number of benzene rings is 3. The van der Waals surface area contributed by atoms with Crippen LogP contribution in [0.4, 0.5) is 5.69 Å². The van der Waals surface area contributed by atoms with E-state index in [1.165, 1.54) is 11.3 Å². The van der Waals surface area contributed by atoms with Crippen LogP contribution in [0.1, 0.15) is 21.6 Å². The lowest BCUT2D eigenvalue weighted by Gasteiger charge is -2.36. The summed E-state index contributed by atoms with van der Waals surface area (Å²) in [5.74, 6) is 0.921. The van der Waals surface area contributed by atoms with Crippen molar-refractivity contribution in [1.29, 1.82) is 0 Å². The number of ether oxygens (including phenoxy) is 1. The number of hydrogen-bond acceptors (Lipinski definition) is 5. The van der Waals surface area contributed by atoms with Crippen LogP contribution >= 0.6 is 11.3 Å². The second kappa shape index (κ2) is 12.0. The van der Waals surface area contributed by atoms with Gasteiger partial charge in [0.25, 0.3) is 5.91 Å². The molecule has 41 heavy (non-hydrogen) atoms. The topological polar surface area (TPSA) is 50.6 Å². The number of rotatable bonds is 8. The van der Waals surface area contributed by atoms with Crippen molar-refractivity contribution in [1.82, 2.24) is 14.5 Å². The third-order valence-corrected chi connectivity index (χ3v) is 8.75. The number of amides is 1. The first-order valence-electron chi connectivity index (χ1n) is 14.0. The van der Waals surface area contributed by atoms with Crippen molar-refractivity contribution in [2.45, 2.75) is 19.9 Å². The van der Waals surface area contributed by atoms with E-state index in [1.54, 1.807) is 18.4 Å². The average Bonchev–Trinajstić information content (AvgIpc) is 3.65. The van der Waals surface area contributed by atoms with E-state index < -0.39 is 0 Å². The van der Waals surface area contributed by atoms with Gasteiger partial charge in [0, 0.05) is 55.0 Å². The zero-order chi connectivity index (χ0) is 28.2. The smallest absolute Gasteiger partial charge is 0.255 e. The molecule has 0 N–H and O–H groups in total. The van der Waals surface area contributed by atoms with Gasteiger partial charge in [0.15, 0.2) is 0 Å². The largest absolute Gasteiger partial charge is 0.497 e. The summed E-state index contributed by atoms with van der Waals surface area (Å²) in [5, 5.41) is 3.04. The van der Waals surface area contributed by atoms with Crippen molar-refractivity contribution < 1.29 is 9.53 Å². The minimum absolute atomic E-state index is 0.0977. The van der Waals surface area contributed by atoms with E-state index in [0.717, 1.165) is 65.0 Å². The van der Waals surface area contributed by atoms with Gasteiger partial charge in [0.2, 0.25) is 0 Å². The molecule has 1 aliphatic heterocycles. The number of piperazine rings is 1. The van der Waals surface area contributed by atoms with E-state index in [9.17, 15) is 4.79 Å². The Hall–Kier alpha value is -4.36. The van der Waals surface area contributed by atoms with E-state index in [-0.39, 0.29) is 5.91 Å². The molecular weight excluding hydrogens is 528 g/mol. The van der Waals surface area contributed by atoms with E-state index in [4.69, 9.17) is 9.72 Å². The highest BCUT2D eigenvalue weighted by atomic mass is 32.1. The van der Waals surface area contributed by atoms with Gasteiger partial charge in [0.1, 0.15) is 10.8 Å². The summed E-state index contributed by atoms with van der Waals surface area (Å²) in [5.41, 5.74) is 7.17. The summed E-state index contributed by atoms with van der Waals surface area (Å²) in [6, 6.07) is 31.0. The van der Waals surface area contributed by atoms with E-state index in [1.807, 2.05) is 41.3 Å². The second-order valence-electron chi connectivity index (χ2n) is 10.3. The quantitative estimate of drug-likeness (QED) is 0.209. The molecule has 1 amide bonds. The highest BCUT2D eigenvalue weighted by molar-refractivity contribution is 7.13. The lowest BCUT2D eigenvalue weighted by atomic mass is 10.1. The van der Waals surface area contributed by atoms with E-state index in [2.05, 4.69) is 76.4 Å². The summed E-state index contributed by atoms with van der Waals surface area (Å²) in [7, 11) is 1.67. The molecule has 208 valence electrons. The van der Waals surface area contributed by atoms with Gasteiger partial charge in [-0.25, -0.2) is 4.98 Å². The summed E-state index contributed by atoms with van der Waals surface area (Å²) in [4.78, 5) is 23.3. The maximum atomic E-state index is 13.9. The number of carbonyl (C=O) groups is 1. The SMILES string of the molecule is COc1ccc(-c2nc(-c3cc(C(=O)N4CCN(c5ccccc5)CC4)c(C)n3CCc3ccccc3)cs2)cc1. The van der Waals surface area contributed by atoms with Crippen LogP contribution in [0, 0.1) is 6.92 Å². The average molecular weight is 563 g/mol. The molecule has 7 heteroatoms. The molecule has 1 saturated heterocycles. The van der Waals surface area contributed by atoms with Crippen molar-refractivity contribution in [2.24, 2.45) is 0 Å². The van der Waals surface area contributed by atoms with Gasteiger partial charge < -0.3 is 19.1 Å². The Labute approximate surface area is 245 Å². The fourth-order valence-electron chi connectivity index (χ4n) is 5.48. The normalized spacial score (nSPS) is 13.4. The molecule has 0 atom stereocenters. The molecular formula is C34H34N4O2S. The Bertz CT molecular complexity index is 1600. The molecule has 0 bridgehead atoms. The molecule has 6 nitrogen and oxygen atoms in total. The first kappa shape index (κ1) is 26.8. The van der Waals surface area contributed by atoms with Gasteiger partial charge in [-0.1, -0.05) is 48.5 Å². The number of hydrogen-bond donors (Lipinski definition) is 0. The highest BCUT2D eigenvalue weighted by Crippen LogP contribution is 2.33. The lowest BCUT2D eigenvalue weighted by Crippen LogP contribution is -2.48. The Morgan fingerprint density at radius 2 is 1.59 bits per heavy atom. The maximum Gasteiger partial charge on any atom is 0.255 e. The van der Waals surface area contributed by atoms with E-state index in [0.29, 0.717) is 13.1 Å². The molecule has 0 radical (unpaired) electrons. The molecule has 0 unspecified atom stereocenters. The van der Waals surface area contributed by atoms with Crippen LogP contribution in [0.25, 0.3) is 22.0 Å². The molecule has 6 rings (SSSR count). The number of para-hydroxylation sites is 1. The standard InChI is InChI=1S/C34H34N4O2S/c1-25-30(34(39)37-21-19-36(20-22-37)28-11-7-4-8-12-28)23-32(38(25)18-17-26-9-5-3-6-10-26)31-24-41-33(35-31)27-13-15-29(40-2)16-14-27/h3-16,23-24H,17-22H2,1-2H3. The van der Waals surface area contributed by atoms with E-state index >= 15 is 0 Å². The van der Waals surface area contributed by atoms with Crippen LogP contribution in [0.3, 0.4) is 0 Å². The van der Waals surface area contributed by atoms with Gasteiger partial charge in [-0.2, -0.15) is 0 Å². The Kier molecular flexibility index (Phi) is 7.87. The van der Waals surface area contributed by atoms with Crippen LogP contribution < -0.4 is 9.64 Å². The highest BCUT2D eigenvalue weighted by Gasteiger charge is 2.27. The fourth-order valence-corrected chi connectivity index (χ4v) is 6.30. The number of methoxy groups -OCH3 is 1. The second-order valence-corrected chi connectivity index (χ2v) is 11.2. The number of carbonyl (C=O) groups excluding carboxylic acids is 1. The number of anilines is 1. The minimum atomic E-state index is 0.0977. The number of thiazole rings is 1. The Balaban J connectivity index is 1.27. The first-order chi connectivity index (χ1) is 20.1. The molecule has 3 aromatic carbocycles. The third kappa shape index (κ3) is 5.77. The predicted molar refractivity (Wildman–Crippen MR) is 167 cm³/mol. The summed E-state index contributed by atoms with van der Waals surface area (Å²) < 4.78 is 7.59. The maximum absolute atomic E-state index is 13.9.